The normalized spacial score (nSPS) is 12.6. The number of hydrogen-bond donors (Lipinski definition) is 1. The maximum Gasteiger partial charge on any atom is 0.134 e. The average molecular weight is 234 g/mol. The van der Waals surface area contributed by atoms with Crippen LogP contribution in [0.25, 0.3) is 0 Å². The van der Waals surface area contributed by atoms with Gasteiger partial charge in [-0.25, -0.2) is 4.98 Å². The smallest absolute Gasteiger partial charge is 0.134 e. The third-order valence-electron chi connectivity index (χ3n) is 2.33. The molecule has 2 rings (SSSR count). The summed E-state index contributed by atoms with van der Waals surface area (Å²) in [7, 11) is 1.70. The van der Waals surface area contributed by atoms with Crippen molar-refractivity contribution in [1.82, 2.24) is 4.98 Å². The zero-order valence-electron chi connectivity index (χ0n) is 9.09. The van der Waals surface area contributed by atoms with Crippen LogP contribution in [0, 0.1) is 0 Å². The highest BCUT2D eigenvalue weighted by Gasteiger charge is 2.16. The van der Waals surface area contributed by atoms with Crippen molar-refractivity contribution in [2.75, 3.05) is 7.11 Å². The van der Waals surface area contributed by atoms with Gasteiger partial charge in [0, 0.05) is 24.7 Å². The van der Waals surface area contributed by atoms with Crippen LogP contribution >= 0.6 is 11.3 Å². The Morgan fingerprint density at radius 3 is 2.69 bits per heavy atom. The van der Waals surface area contributed by atoms with Gasteiger partial charge >= 0.3 is 0 Å². The number of benzene rings is 1. The van der Waals surface area contributed by atoms with Crippen molar-refractivity contribution in [2.45, 2.75) is 12.6 Å². The second-order valence-corrected chi connectivity index (χ2v) is 4.54. The summed E-state index contributed by atoms with van der Waals surface area (Å²) in [6.07, 6.45) is 1.72. The standard InChI is InChI=1S/C12H14N2OS/c1-15-11(9-5-3-2-4-6-9)12-14-8-10(7-13)16-12/h2-6,8,11H,7,13H2,1H3. The van der Waals surface area contributed by atoms with Crippen molar-refractivity contribution < 1.29 is 4.74 Å². The number of nitrogens with zero attached hydrogens (tertiary/aromatic N) is 1. The molecule has 1 unspecified atom stereocenters. The summed E-state index contributed by atoms with van der Waals surface area (Å²) in [5.74, 6) is 0. The van der Waals surface area contributed by atoms with Gasteiger partial charge in [0.25, 0.3) is 0 Å². The van der Waals surface area contributed by atoms with E-state index in [4.69, 9.17) is 10.5 Å². The van der Waals surface area contributed by atoms with Gasteiger partial charge in [-0.1, -0.05) is 30.3 Å². The average Bonchev–Trinajstić information content (AvgIpc) is 2.80. The zero-order valence-corrected chi connectivity index (χ0v) is 9.91. The van der Waals surface area contributed by atoms with Gasteiger partial charge in [0.15, 0.2) is 0 Å². The fourth-order valence-corrected chi connectivity index (χ4v) is 2.45. The number of hydrogen-bond acceptors (Lipinski definition) is 4. The van der Waals surface area contributed by atoms with Crippen molar-refractivity contribution >= 4 is 11.3 Å². The number of thiazole rings is 1. The predicted molar refractivity (Wildman–Crippen MR) is 65.3 cm³/mol. The topological polar surface area (TPSA) is 48.1 Å². The van der Waals surface area contributed by atoms with Crippen LogP contribution in [0.15, 0.2) is 36.5 Å². The first-order valence-electron chi connectivity index (χ1n) is 5.07. The van der Waals surface area contributed by atoms with Crippen LogP contribution in [-0.4, -0.2) is 12.1 Å². The van der Waals surface area contributed by atoms with E-state index in [0.29, 0.717) is 6.54 Å². The molecule has 0 bridgehead atoms. The molecule has 0 saturated carbocycles. The van der Waals surface area contributed by atoms with Gasteiger partial charge in [0.2, 0.25) is 0 Å². The lowest BCUT2D eigenvalue weighted by molar-refractivity contribution is 0.136. The molecule has 0 aliphatic rings. The molecule has 0 spiro atoms. The lowest BCUT2D eigenvalue weighted by Gasteiger charge is -2.12. The summed E-state index contributed by atoms with van der Waals surface area (Å²) >= 11 is 1.60. The Balaban J connectivity index is 2.29. The molecule has 0 amide bonds. The van der Waals surface area contributed by atoms with Gasteiger partial charge in [-0.05, 0) is 5.56 Å². The predicted octanol–water partition coefficient (Wildman–Crippen LogP) is 2.34. The summed E-state index contributed by atoms with van der Waals surface area (Å²) < 4.78 is 5.49. The van der Waals surface area contributed by atoms with E-state index in [-0.39, 0.29) is 6.10 Å². The SMILES string of the molecule is COC(c1ccccc1)c1ncc(CN)s1. The lowest BCUT2D eigenvalue weighted by Crippen LogP contribution is -2.02. The highest BCUT2D eigenvalue weighted by Crippen LogP contribution is 2.28. The molecule has 0 aliphatic heterocycles. The molecule has 2 N–H and O–H groups in total. The third kappa shape index (κ3) is 2.29. The first kappa shape index (κ1) is 11.3. The maximum absolute atomic E-state index is 5.57. The van der Waals surface area contributed by atoms with Crippen molar-refractivity contribution in [1.29, 1.82) is 0 Å². The fraction of sp³-hybridized carbons (Fsp3) is 0.250. The number of nitrogens with two attached hydrogens (primary N) is 1. The van der Waals surface area contributed by atoms with Crippen molar-refractivity contribution in [3.63, 3.8) is 0 Å². The quantitative estimate of drug-likeness (QED) is 0.883. The second kappa shape index (κ2) is 5.21. The van der Waals surface area contributed by atoms with E-state index in [1.165, 1.54) is 0 Å². The Kier molecular flexibility index (Phi) is 3.66. The molecule has 2 aromatic rings. The molecule has 1 aromatic carbocycles. The summed E-state index contributed by atoms with van der Waals surface area (Å²) in [6, 6.07) is 10.1. The summed E-state index contributed by atoms with van der Waals surface area (Å²) in [4.78, 5) is 5.42. The molecule has 0 aliphatic carbocycles. The highest BCUT2D eigenvalue weighted by atomic mass is 32.1. The van der Waals surface area contributed by atoms with Crippen LogP contribution < -0.4 is 5.73 Å². The minimum absolute atomic E-state index is 0.0912. The first-order valence-corrected chi connectivity index (χ1v) is 5.89. The molecule has 4 heteroatoms. The van der Waals surface area contributed by atoms with Gasteiger partial charge in [-0.3, -0.25) is 0 Å². The number of methoxy groups -OCH3 is 1. The van der Waals surface area contributed by atoms with Crippen LogP contribution in [0.3, 0.4) is 0 Å². The van der Waals surface area contributed by atoms with Gasteiger partial charge in [0.1, 0.15) is 11.1 Å². The van der Waals surface area contributed by atoms with E-state index in [9.17, 15) is 0 Å². The molecule has 1 atom stereocenters. The molecule has 1 heterocycles. The molecule has 0 radical (unpaired) electrons. The van der Waals surface area contributed by atoms with Crippen molar-refractivity contribution in [3.05, 3.63) is 52.0 Å². The molecule has 16 heavy (non-hydrogen) atoms. The van der Waals surface area contributed by atoms with Gasteiger partial charge < -0.3 is 10.5 Å². The molecule has 1 aromatic heterocycles. The number of rotatable bonds is 4. The third-order valence-corrected chi connectivity index (χ3v) is 3.40. The molecule has 0 saturated heterocycles. The Morgan fingerprint density at radius 1 is 1.38 bits per heavy atom. The Labute approximate surface area is 98.9 Å². The molecule has 3 nitrogen and oxygen atoms in total. The van der Waals surface area contributed by atoms with Crippen LogP contribution in [0.1, 0.15) is 21.6 Å². The minimum Gasteiger partial charge on any atom is -0.370 e. The Morgan fingerprint density at radius 2 is 2.12 bits per heavy atom. The number of ether oxygens (including phenoxy) is 1. The number of aromatic nitrogens is 1. The van der Waals surface area contributed by atoms with E-state index in [0.717, 1.165) is 15.4 Å². The van der Waals surface area contributed by atoms with E-state index in [2.05, 4.69) is 4.98 Å². The summed E-state index contributed by atoms with van der Waals surface area (Å²) in [6.45, 7) is 0.531. The Bertz CT molecular complexity index is 441. The fourth-order valence-electron chi connectivity index (χ4n) is 1.55. The van der Waals surface area contributed by atoms with Crippen LogP contribution in [0.4, 0.5) is 0 Å². The molecular formula is C12H14N2OS. The molecule has 84 valence electrons. The second-order valence-electron chi connectivity index (χ2n) is 3.40. The molecular weight excluding hydrogens is 220 g/mol. The van der Waals surface area contributed by atoms with Gasteiger partial charge in [-0.15, -0.1) is 11.3 Å². The highest BCUT2D eigenvalue weighted by molar-refractivity contribution is 7.11. The first-order chi connectivity index (χ1) is 7.85. The largest absolute Gasteiger partial charge is 0.370 e. The van der Waals surface area contributed by atoms with Crippen LogP contribution in [0.2, 0.25) is 0 Å². The van der Waals surface area contributed by atoms with E-state index >= 15 is 0 Å². The van der Waals surface area contributed by atoms with Gasteiger partial charge in [0.05, 0.1) is 0 Å². The van der Waals surface area contributed by atoms with E-state index in [1.807, 2.05) is 36.5 Å². The Hall–Kier alpha value is -1.23. The minimum atomic E-state index is -0.0912. The summed E-state index contributed by atoms with van der Waals surface area (Å²) in [5.41, 5.74) is 6.69. The van der Waals surface area contributed by atoms with Crippen LogP contribution in [0.5, 0.6) is 0 Å². The van der Waals surface area contributed by atoms with E-state index in [1.54, 1.807) is 18.4 Å². The molecule has 0 fully saturated rings. The van der Waals surface area contributed by atoms with Gasteiger partial charge in [-0.2, -0.15) is 0 Å². The maximum atomic E-state index is 5.57. The zero-order chi connectivity index (χ0) is 11.4. The van der Waals surface area contributed by atoms with Crippen LogP contribution in [-0.2, 0) is 11.3 Å². The van der Waals surface area contributed by atoms with Crippen molar-refractivity contribution in [2.24, 2.45) is 5.73 Å². The summed E-state index contributed by atoms with van der Waals surface area (Å²) in [5, 5.41) is 0.953. The van der Waals surface area contributed by atoms with E-state index < -0.39 is 0 Å². The lowest BCUT2D eigenvalue weighted by atomic mass is 10.1. The monoisotopic (exact) mass is 234 g/mol. The van der Waals surface area contributed by atoms with Crippen molar-refractivity contribution in [3.8, 4) is 0 Å².